The molecular formula is C16H29NO. The molecule has 1 N–H and O–H groups in total. The molecule has 3 fully saturated rings. The number of methoxy groups -OCH3 is 1. The van der Waals surface area contributed by atoms with Crippen LogP contribution < -0.4 is 5.32 Å². The molecular weight excluding hydrogens is 222 g/mol. The van der Waals surface area contributed by atoms with Gasteiger partial charge in [0.1, 0.15) is 0 Å². The second kappa shape index (κ2) is 5.50. The number of hydrogen-bond donors (Lipinski definition) is 1. The minimum absolute atomic E-state index is 0.551. The van der Waals surface area contributed by atoms with Crippen molar-refractivity contribution < 1.29 is 4.74 Å². The molecule has 0 aromatic heterocycles. The van der Waals surface area contributed by atoms with Gasteiger partial charge < -0.3 is 10.1 Å². The van der Waals surface area contributed by atoms with Crippen LogP contribution in [0, 0.1) is 17.3 Å². The molecule has 18 heavy (non-hydrogen) atoms. The van der Waals surface area contributed by atoms with Gasteiger partial charge in [-0.2, -0.15) is 0 Å². The molecule has 1 saturated heterocycles. The average Bonchev–Trinajstić information content (AvgIpc) is 2.94. The van der Waals surface area contributed by atoms with E-state index in [4.69, 9.17) is 4.74 Å². The molecule has 1 atom stereocenters. The van der Waals surface area contributed by atoms with Gasteiger partial charge in [0.15, 0.2) is 0 Å². The lowest BCUT2D eigenvalue weighted by atomic mass is 9.58. The summed E-state index contributed by atoms with van der Waals surface area (Å²) in [6, 6.07) is 0. The fraction of sp³-hybridized carbons (Fsp3) is 1.00. The van der Waals surface area contributed by atoms with Crippen molar-refractivity contribution in [3.8, 4) is 0 Å². The van der Waals surface area contributed by atoms with Gasteiger partial charge in [-0.3, -0.25) is 0 Å². The number of rotatable bonds is 2. The topological polar surface area (TPSA) is 21.3 Å². The van der Waals surface area contributed by atoms with Crippen molar-refractivity contribution in [3.05, 3.63) is 0 Å². The van der Waals surface area contributed by atoms with Crippen molar-refractivity contribution in [2.75, 3.05) is 20.2 Å². The third-order valence-corrected chi connectivity index (χ3v) is 6.18. The Morgan fingerprint density at radius 1 is 1.00 bits per heavy atom. The van der Waals surface area contributed by atoms with Crippen LogP contribution >= 0.6 is 0 Å². The first-order valence-corrected chi connectivity index (χ1v) is 8.07. The van der Waals surface area contributed by atoms with Gasteiger partial charge in [-0.1, -0.05) is 25.7 Å². The Labute approximate surface area is 112 Å². The fourth-order valence-corrected chi connectivity index (χ4v) is 5.05. The third-order valence-electron chi connectivity index (χ3n) is 6.18. The second-order valence-electron chi connectivity index (χ2n) is 6.90. The predicted molar refractivity (Wildman–Crippen MR) is 74.6 cm³/mol. The van der Waals surface area contributed by atoms with E-state index in [-0.39, 0.29) is 0 Å². The van der Waals surface area contributed by atoms with Crippen molar-refractivity contribution in [3.63, 3.8) is 0 Å². The molecule has 0 aromatic carbocycles. The van der Waals surface area contributed by atoms with Gasteiger partial charge >= 0.3 is 0 Å². The highest BCUT2D eigenvalue weighted by Crippen LogP contribution is 2.52. The zero-order valence-electron chi connectivity index (χ0n) is 11.9. The first-order valence-electron chi connectivity index (χ1n) is 8.07. The third kappa shape index (κ3) is 2.34. The predicted octanol–water partition coefficient (Wildman–Crippen LogP) is 3.36. The SMILES string of the molecule is COC1CCC2(CCNCC2C2CCCC2)CC1. The fourth-order valence-electron chi connectivity index (χ4n) is 5.05. The largest absolute Gasteiger partial charge is 0.381 e. The van der Waals surface area contributed by atoms with Crippen LogP contribution in [0.3, 0.4) is 0 Å². The van der Waals surface area contributed by atoms with Crippen molar-refractivity contribution >= 4 is 0 Å². The maximum Gasteiger partial charge on any atom is 0.0571 e. The van der Waals surface area contributed by atoms with Gasteiger partial charge in [0.2, 0.25) is 0 Å². The summed E-state index contributed by atoms with van der Waals surface area (Å²) in [6.45, 7) is 2.54. The second-order valence-corrected chi connectivity index (χ2v) is 6.90. The number of ether oxygens (including phenoxy) is 1. The highest BCUT2D eigenvalue weighted by Gasteiger charge is 2.46. The van der Waals surface area contributed by atoms with Crippen molar-refractivity contribution in [2.24, 2.45) is 17.3 Å². The molecule has 0 radical (unpaired) electrons. The Kier molecular flexibility index (Phi) is 3.95. The van der Waals surface area contributed by atoms with Crippen LogP contribution in [0.25, 0.3) is 0 Å². The summed E-state index contributed by atoms with van der Waals surface area (Å²) in [5.74, 6) is 1.99. The summed E-state index contributed by atoms with van der Waals surface area (Å²) in [7, 11) is 1.89. The molecule has 0 amide bonds. The lowest BCUT2D eigenvalue weighted by Gasteiger charge is -2.50. The highest BCUT2D eigenvalue weighted by atomic mass is 16.5. The van der Waals surface area contributed by atoms with Crippen LogP contribution in [-0.4, -0.2) is 26.3 Å². The Morgan fingerprint density at radius 2 is 1.72 bits per heavy atom. The van der Waals surface area contributed by atoms with Crippen molar-refractivity contribution in [1.29, 1.82) is 0 Å². The van der Waals surface area contributed by atoms with Gasteiger partial charge in [-0.25, -0.2) is 0 Å². The van der Waals surface area contributed by atoms with Crippen molar-refractivity contribution in [2.45, 2.75) is 63.9 Å². The monoisotopic (exact) mass is 251 g/mol. The van der Waals surface area contributed by atoms with Crippen LogP contribution in [0.2, 0.25) is 0 Å². The molecule has 3 rings (SSSR count). The minimum atomic E-state index is 0.551. The van der Waals surface area contributed by atoms with E-state index in [1.807, 2.05) is 7.11 Å². The zero-order valence-corrected chi connectivity index (χ0v) is 11.9. The Bertz CT molecular complexity index is 264. The normalized spacial score (nSPS) is 42.5. The van der Waals surface area contributed by atoms with Gasteiger partial charge in [0, 0.05) is 7.11 Å². The number of nitrogens with one attached hydrogen (secondary N) is 1. The van der Waals surface area contributed by atoms with Crippen LogP contribution in [-0.2, 0) is 4.74 Å². The number of piperidine rings is 1. The zero-order chi connectivity index (χ0) is 12.4. The minimum Gasteiger partial charge on any atom is -0.381 e. The molecule has 104 valence electrons. The quantitative estimate of drug-likeness (QED) is 0.812. The van der Waals surface area contributed by atoms with Crippen LogP contribution in [0.15, 0.2) is 0 Å². The van der Waals surface area contributed by atoms with E-state index >= 15 is 0 Å². The molecule has 0 bridgehead atoms. The molecule has 1 spiro atoms. The van der Waals surface area contributed by atoms with Crippen LogP contribution in [0.4, 0.5) is 0 Å². The maximum atomic E-state index is 5.57. The summed E-state index contributed by atoms with van der Waals surface area (Å²) in [4.78, 5) is 0. The number of hydrogen-bond acceptors (Lipinski definition) is 2. The van der Waals surface area contributed by atoms with Crippen molar-refractivity contribution in [1.82, 2.24) is 5.32 Å². The Morgan fingerprint density at radius 3 is 2.39 bits per heavy atom. The lowest BCUT2D eigenvalue weighted by molar-refractivity contribution is -0.0307. The van der Waals surface area contributed by atoms with E-state index < -0.39 is 0 Å². The summed E-state index contributed by atoms with van der Waals surface area (Å²) in [5, 5.41) is 3.68. The molecule has 2 saturated carbocycles. The van der Waals surface area contributed by atoms with Gasteiger partial charge in [-0.15, -0.1) is 0 Å². The maximum absolute atomic E-state index is 5.57. The molecule has 0 aromatic rings. The van der Waals surface area contributed by atoms with E-state index in [2.05, 4.69) is 5.32 Å². The molecule has 2 heteroatoms. The van der Waals surface area contributed by atoms with E-state index in [0.717, 1.165) is 11.8 Å². The van der Waals surface area contributed by atoms with E-state index in [9.17, 15) is 0 Å². The van der Waals surface area contributed by atoms with Gasteiger partial charge in [0.25, 0.3) is 0 Å². The van der Waals surface area contributed by atoms with E-state index in [0.29, 0.717) is 11.5 Å². The summed E-state index contributed by atoms with van der Waals surface area (Å²) >= 11 is 0. The molecule has 1 heterocycles. The van der Waals surface area contributed by atoms with E-state index in [1.54, 1.807) is 0 Å². The van der Waals surface area contributed by atoms with Crippen LogP contribution in [0.1, 0.15) is 57.8 Å². The Hall–Kier alpha value is -0.0800. The molecule has 3 aliphatic rings. The van der Waals surface area contributed by atoms with Crippen LogP contribution in [0.5, 0.6) is 0 Å². The standard InChI is InChI=1S/C16H29NO/c1-18-14-6-8-16(9-7-14)10-11-17-12-15(16)13-4-2-3-5-13/h13-15,17H,2-12H2,1H3. The Balaban J connectivity index is 1.70. The highest BCUT2D eigenvalue weighted by molar-refractivity contribution is 4.98. The van der Waals surface area contributed by atoms with E-state index in [1.165, 1.54) is 70.9 Å². The molecule has 2 aliphatic carbocycles. The first kappa shape index (κ1) is 12.9. The molecule has 1 unspecified atom stereocenters. The summed E-state index contributed by atoms with van der Waals surface area (Å²) < 4.78 is 5.57. The summed E-state index contributed by atoms with van der Waals surface area (Å²) in [6.07, 6.45) is 13.4. The molecule has 2 nitrogen and oxygen atoms in total. The average molecular weight is 251 g/mol. The smallest absolute Gasteiger partial charge is 0.0571 e. The van der Waals surface area contributed by atoms with Gasteiger partial charge in [0.05, 0.1) is 6.10 Å². The summed E-state index contributed by atoms with van der Waals surface area (Å²) in [5.41, 5.74) is 0.676. The molecule has 1 aliphatic heterocycles. The first-order chi connectivity index (χ1) is 8.84. The lowest BCUT2D eigenvalue weighted by Crippen LogP contribution is -2.50. The van der Waals surface area contributed by atoms with Gasteiger partial charge in [-0.05, 0) is 62.4 Å².